The molecule has 1 aliphatic rings. The van der Waals surface area contributed by atoms with E-state index in [4.69, 9.17) is 10.8 Å². The first-order chi connectivity index (χ1) is 8.68. The third kappa shape index (κ3) is 3.32. The Kier molecular flexibility index (Phi) is 3.96. The molecule has 18 heavy (non-hydrogen) atoms. The molecule has 1 fully saturated rings. The highest BCUT2D eigenvalue weighted by atomic mass is 16.4. The third-order valence-corrected chi connectivity index (χ3v) is 2.68. The van der Waals surface area contributed by atoms with Crippen LogP contribution in [0.4, 0.5) is 0 Å². The molecule has 0 saturated carbocycles. The van der Waals surface area contributed by atoms with E-state index in [1.54, 1.807) is 0 Å². The summed E-state index contributed by atoms with van der Waals surface area (Å²) in [4.78, 5) is 13.7. The number of nitrogens with one attached hydrogen (secondary N) is 2. The fourth-order valence-corrected chi connectivity index (χ4v) is 1.62. The lowest BCUT2D eigenvalue weighted by Crippen LogP contribution is -2.32. The highest BCUT2D eigenvalue weighted by Crippen LogP contribution is 2.18. The van der Waals surface area contributed by atoms with Crippen LogP contribution in [-0.4, -0.2) is 35.2 Å². The molecule has 1 aliphatic heterocycles. The van der Waals surface area contributed by atoms with Crippen LogP contribution in [0.1, 0.15) is 5.56 Å². The molecule has 0 amide bonds. The average molecular weight is 247 g/mol. The maximum absolute atomic E-state index is 10.6. The van der Waals surface area contributed by atoms with Crippen molar-refractivity contribution in [3.05, 3.63) is 36.0 Å². The van der Waals surface area contributed by atoms with E-state index in [9.17, 15) is 4.79 Å². The lowest BCUT2D eigenvalue weighted by Gasteiger charge is -2.04. The van der Waals surface area contributed by atoms with Crippen LogP contribution in [0.3, 0.4) is 0 Å². The zero-order valence-corrected chi connectivity index (χ0v) is 10.0. The zero-order valence-electron chi connectivity index (χ0n) is 10.0. The Hall–Kier alpha value is -1.85. The van der Waals surface area contributed by atoms with Crippen LogP contribution in [0.2, 0.25) is 0 Å². The van der Waals surface area contributed by atoms with Gasteiger partial charge in [0.2, 0.25) is 0 Å². The number of aromatic nitrogens is 1. The van der Waals surface area contributed by atoms with Gasteiger partial charge in [-0.3, -0.25) is 4.79 Å². The molecule has 2 heterocycles. The van der Waals surface area contributed by atoms with Crippen molar-refractivity contribution in [2.24, 2.45) is 5.73 Å². The van der Waals surface area contributed by atoms with Gasteiger partial charge in [0.1, 0.15) is 6.04 Å². The smallest absolute Gasteiger partial charge is 0.320 e. The molecule has 1 atom stereocenters. The summed E-state index contributed by atoms with van der Waals surface area (Å²) in [6.45, 7) is 2.50. The van der Waals surface area contributed by atoms with Gasteiger partial charge in [-0.25, -0.2) is 0 Å². The highest BCUT2D eigenvalue weighted by molar-refractivity contribution is 5.84. The first kappa shape index (κ1) is 12.6. The quantitative estimate of drug-likeness (QED) is 0.600. The van der Waals surface area contributed by atoms with E-state index < -0.39 is 12.0 Å². The normalized spacial score (nSPS) is 14.7. The van der Waals surface area contributed by atoms with E-state index in [-0.39, 0.29) is 0 Å². The number of carbonyl (C=O) groups is 1. The Labute approximate surface area is 105 Å². The van der Waals surface area contributed by atoms with E-state index in [1.165, 1.54) is 13.1 Å². The van der Waals surface area contributed by atoms with Crippen molar-refractivity contribution in [3.8, 4) is 0 Å². The highest BCUT2D eigenvalue weighted by Gasteiger charge is 2.14. The second-order valence-corrected chi connectivity index (χ2v) is 4.26. The number of benzene rings is 1. The number of carboxylic acid groups (broad SMARTS) is 1. The van der Waals surface area contributed by atoms with Gasteiger partial charge in [0.15, 0.2) is 0 Å². The van der Waals surface area contributed by atoms with E-state index in [1.807, 2.05) is 30.5 Å². The fraction of sp³-hybridized carbons (Fsp3) is 0.308. The Morgan fingerprint density at radius 3 is 2.67 bits per heavy atom. The minimum absolute atomic E-state index is 0.347. The maximum Gasteiger partial charge on any atom is 0.320 e. The molecular weight excluding hydrogens is 230 g/mol. The summed E-state index contributed by atoms with van der Waals surface area (Å²) in [6, 6.07) is 6.91. The molecule has 0 unspecified atom stereocenters. The van der Waals surface area contributed by atoms with Crippen LogP contribution in [0.25, 0.3) is 10.9 Å². The molecule has 5 N–H and O–H groups in total. The van der Waals surface area contributed by atoms with E-state index in [0.29, 0.717) is 6.42 Å². The summed E-state index contributed by atoms with van der Waals surface area (Å²) >= 11 is 0. The fourth-order valence-electron chi connectivity index (χ4n) is 1.62. The number of nitrogens with two attached hydrogens (primary N) is 1. The molecule has 3 rings (SSSR count). The van der Waals surface area contributed by atoms with Crippen molar-refractivity contribution in [1.82, 2.24) is 10.3 Å². The molecule has 0 bridgehead atoms. The number of aliphatic carboxylic acids is 1. The number of carboxylic acids is 1. The van der Waals surface area contributed by atoms with Gasteiger partial charge in [0.25, 0.3) is 0 Å². The van der Waals surface area contributed by atoms with Crippen LogP contribution in [0, 0.1) is 0 Å². The van der Waals surface area contributed by atoms with Crippen molar-refractivity contribution in [2.75, 3.05) is 13.1 Å². The van der Waals surface area contributed by atoms with Gasteiger partial charge in [-0.15, -0.1) is 0 Å². The number of para-hydroxylation sites is 1. The second-order valence-electron chi connectivity index (χ2n) is 4.26. The SMILES string of the molecule is C1CN1.N[C@@H](Cc1c[nH]c2ccccc12)C(=O)O. The molecule has 5 heteroatoms. The van der Waals surface area contributed by atoms with Gasteiger partial charge in [0, 0.05) is 36.6 Å². The van der Waals surface area contributed by atoms with Gasteiger partial charge >= 0.3 is 5.97 Å². The van der Waals surface area contributed by atoms with Gasteiger partial charge in [0.05, 0.1) is 0 Å². The van der Waals surface area contributed by atoms with Crippen LogP contribution in [0.5, 0.6) is 0 Å². The van der Waals surface area contributed by atoms with E-state index >= 15 is 0 Å². The Morgan fingerprint density at radius 1 is 1.39 bits per heavy atom. The largest absolute Gasteiger partial charge is 0.480 e. The Morgan fingerprint density at radius 2 is 2.06 bits per heavy atom. The summed E-state index contributed by atoms with van der Waals surface area (Å²) in [6.07, 6.45) is 2.16. The molecule has 96 valence electrons. The van der Waals surface area contributed by atoms with Crippen molar-refractivity contribution in [1.29, 1.82) is 0 Å². The summed E-state index contributed by atoms with van der Waals surface area (Å²) < 4.78 is 0. The maximum atomic E-state index is 10.6. The second kappa shape index (κ2) is 5.66. The number of aromatic amines is 1. The predicted octanol–water partition coefficient (Wildman–Crippen LogP) is 0.712. The first-order valence-electron chi connectivity index (χ1n) is 5.92. The molecule has 0 radical (unpaired) electrons. The Bertz CT molecular complexity index is 531. The summed E-state index contributed by atoms with van der Waals surface area (Å²) in [5.74, 6) is -0.972. The molecule has 0 spiro atoms. The van der Waals surface area contributed by atoms with Crippen molar-refractivity contribution in [2.45, 2.75) is 12.5 Å². The van der Waals surface area contributed by atoms with Crippen molar-refractivity contribution >= 4 is 16.9 Å². The minimum atomic E-state index is -0.972. The molecular formula is C13H17N3O2. The zero-order chi connectivity index (χ0) is 13.0. The van der Waals surface area contributed by atoms with E-state index in [0.717, 1.165) is 16.5 Å². The first-order valence-corrected chi connectivity index (χ1v) is 5.92. The van der Waals surface area contributed by atoms with E-state index in [2.05, 4.69) is 10.3 Å². The van der Waals surface area contributed by atoms with Crippen molar-refractivity contribution in [3.63, 3.8) is 0 Å². The number of hydrogen-bond donors (Lipinski definition) is 4. The lowest BCUT2D eigenvalue weighted by molar-refractivity contribution is -0.138. The summed E-state index contributed by atoms with van der Waals surface area (Å²) in [5.41, 5.74) is 7.43. The van der Waals surface area contributed by atoms with Gasteiger partial charge in [-0.2, -0.15) is 0 Å². The molecule has 1 aromatic carbocycles. The van der Waals surface area contributed by atoms with Crippen LogP contribution in [0.15, 0.2) is 30.5 Å². The molecule has 0 aliphatic carbocycles. The van der Waals surface area contributed by atoms with Crippen LogP contribution in [-0.2, 0) is 11.2 Å². The number of hydrogen-bond acceptors (Lipinski definition) is 3. The average Bonchev–Trinajstić information content (AvgIpc) is 3.19. The summed E-state index contributed by atoms with van der Waals surface area (Å²) in [7, 11) is 0. The van der Waals surface area contributed by atoms with Gasteiger partial charge < -0.3 is 21.1 Å². The van der Waals surface area contributed by atoms with Gasteiger partial charge in [-0.1, -0.05) is 18.2 Å². The topological polar surface area (TPSA) is 101 Å². The summed E-state index contributed by atoms with van der Waals surface area (Å²) in [5, 5.41) is 12.8. The van der Waals surface area contributed by atoms with Crippen molar-refractivity contribution < 1.29 is 9.90 Å². The number of fused-ring (bicyclic) bond motifs is 1. The molecule has 1 aromatic heterocycles. The van der Waals surface area contributed by atoms with Crippen LogP contribution >= 0.6 is 0 Å². The number of H-pyrrole nitrogens is 1. The minimum Gasteiger partial charge on any atom is -0.480 e. The lowest BCUT2D eigenvalue weighted by atomic mass is 10.1. The number of rotatable bonds is 3. The molecule has 1 saturated heterocycles. The van der Waals surface area contributed by atoms with Gasteiger partial charge in [-0.05, 0) is 11.6 Å². The predicted molar refractivity (Wildman–Crippen MR) is 70.5 cm³/mol. The van der Waals surface area contributed by atoms with Crippen LogP contribution < -0.4 is 11.1 Å². The Balaban J connectivity index is 0.000000350. The molecule has 2 aromatic rings. The standard InChI is InChI=1S/C11H12N2O2.C2H5N/c12-9(11(14)15)5-7-6-13-10-4-2-1-3-8(7)10;1-2-3-1/h1-4,6,9,13H,5,12H2,(H,14,15);3H,1-2H2/t9-;/m0./s1. The third-order valence-electron chi connectivity index (χ3n) is 2.68. The molecule has 5 nitrogen and oxygen atoms in total. The monoisotopic (exact) mass is 247 g/mol.